The van der Waals surface area contributed by atoms with Crippen molar-refractivity contribution < 1.29 is 32.7 Å². The van der Waals surface area contributed by atoms with E-state index >= 15 is 0 Å². The molecule has 11 nitrogen and oxygen atoms in total. The molecule has 2 aromatic carbocycles. The molecule has 3 aliphatic rings. The lowest BCUT2D eigenvalue weighted by Gasteiger charge is -2.35. The number of carbonyl (C=O) groups excluding carboxylic acids is 3. The highest BCUT2D eigenvalue weighted by Gasteiger charge is 2.62. The number of carbonyl (C=O) groups is 4. The van der Waals surface area contributed by atoms with Crippen LogP contribution >= 0.6 is 11.8 Å². The molecule has 2 unspecified atom stereocenters. The monoisotopic (exact) mass is 724 g/mol. The van der Waals surface area contributed by atoms with Gasteiger partial charge in [-0.2, -0.15) is 0 Å². The first-order valence-electron chi connectivity index (χ1n) is 17.2. The van der Waals surface area contributed by atoms with E-state index in [1.165, 1.54) is 11.0 Å². The van der Waals surface area contributed by atoms with Crippen molar-refractivity contribution in [3.8, 4) is 11.1 Å². The summed E-state index contributed by atoms with van der Waals surface area (Å²) < 4.78 is 26.9. The van der Waals surface area contributed by atoms with Gasteiger partial charge in [0.05, 0.1) is 10.00 Å². The van der Waals surface area contributed by atoms with Crippen molar-refractivity contribution in [1.29, 1.82) is 0 Å². The second-order valence-corrected chi connectivity index (χ2v) is 18.2. The number of benzene rings is 2. The van der Waals surface area contributed by atoms with Crippen LogP contribution in [0.15, 0.2) is 67.3 Å². The molecule has 0 spiro atoms. The lowest BCUT2D eigenvalue weighted by Crippen LogP contribution is -2.60. The van der Waals surface area contributed by atoms with E-state index in [4.69, 9.17) is 0 Å². The molecule has 1 aliphatic heterocycles. The fourth-order valence-electron chi connectivity index (χ4n) is 6.70. The average Bonchev–Trinajstić information content (AvgIpc) is 4.00. The van der Waals surface area contributed by atoms with Gasteiger partial charge in [-0.15, -0.1) is 18.3 Å². The molecule has 3 fully saturated rings. The summed E-state index contributed by atoms with van der Waals surface area (Å²) in [6.45, 7) is 11.3. The Labute approximate surface area is 299 Å². The fraction of sp³-hybridized carbons (Fsp3) is 0.514. The van der Waals surface area contributed by atoms with Crippen LogP contribution in [0.25, 0.3) is 11.1 Å². The number of nitrogens with zero attached hydrogens (tertiary/aromatic N) is 1. The average molecular weight is 725 g/mol. The van der Waals surface area contributed by atoms with E-state index in [1.807, 2.05) is 54.6 Å². The van der Waals surface area contributed by atoms with Gasteiger partial charge in [-0.1, -0.05) is 94.8 Å². The number of unbranched alkanes of at least 4 members (excludes halogenated alkanes) is 1. The van der Waals surface area contributed by atoms with Gasteiger partial charge in [0.2, 0.25) is 21.8 Å². The summed E-state index contributed by atoms with van der Waals surface area (Å²) in [5, 5.41) is 14.3. The van der Waals surface area contributed by atoms with Crippen LogP contribution in [0.1, 0.15) is 71.8 Å². The van der Waals surface area contributed by atoms with Crippen molar-refractivity contribution in [3.63, 3.8) is 0 Å². The number of hydrogen-bond donors (Lipinski definition) is 4. The van der Waals surface area contributed by atoms with Gasteiger partial charge in [-0.3, -0.25) is 19.1 Å². The predicted molar refractivity (Wildman–Crippen MR) is 195 cm³/mol. The predicted octanol–water partition coefficient (Wildman–Crippen LogP) is 5.03. The number of hydrogen-bond acceptors (Lipinski definition) is 7. The summed E-state index contributed by atoms with van der Waals surface area (Å²) in [5.74, 6) is -1.73. The first-order valence-corrected chi connectivity index (χ1v) is 19.7. The molecule has 0 bridgehead atoms. The first kappa shape index (κ1) is 37.4. The molecule has 4 amide bonds. The van der Waals surface area contributed by atoms with Gasteiger partial charge in [0, 0.05) is 12.5 Å². The zero-order chi connectivity index (χ0) is 36.5. The molecule has 1 saturated heterocycles. The van der Waals surface area contributed by atoms with Crippen LogP contribution in [0.2, 0.25) is 0 Å². The Bertz CT molecular complexity index is 1720. The molecule has 2 aromatic rings. The molecule has 0 aromatic heterocycles. The van der Waals surface area contributed by atoms with E-state index in [2.05, 4.69) is 28.9 Å². The van der Waals surface area contributed by atoms with Crippen LogP contribution in [-0.2, 0) is 29.2 Å². The van der Waals surface area contributed by atoms with Crippen LogP contribution < -0.4 is 15.4 Å². The van der Waals surface area contributed by atoms with Crippen molar-refractivity contribution in [2.45, 2.75) is 93.8 Å². The zero-order valence-electron chi connectivity index (χ0n) is 29.1. The summed E-state index contributed by atoms with van der Waals surface area (Å²) >= 11 is 1.66. The minimum Gasteiger partial charge on any atom is -0.465 e. The van der Waals surface area contributed by atoms with Crippen LogP contribution in [0.4, 0.5) is 4.79 Å². The van der Waals surface area contributed by atoms with Crippen LogP contribution in [0.5, 0.6) is 0 Å². The van der Waals surface area contributed by atoms with E-state index in [1.54, 1.807) is 32.5 Å². The third kappa shape index (κ3) is 7.88. The minimum atomic E-state index is -3.89. The molecule has 5 atom stereocenters. The van der Waals surface area contributed by atoms with Crippen molar-refractivity contribution in [3.05, 3.63) is 72.8 Å². The third-order valence-corrected chi connectivity index (χ3v) is 13.3. The molecule has 0 radical (unpaired) electrons. The van der Waals surface area contributed by atoms with E-state index in [0.717, 1.165) is 35.3 Å². The van der Waals surface area contributed by atoms with E-state index in [0.29, 0.717) is 12.8 Å². The van der Waals surface area contributed by atoms with Crippen LogP contribution in [0, 0.1) is 11.3 Å². The summed E-state index contributed by atoms with van der Waals surface area (Å²) in [6, 6.07) is 15.8. The number of carboxylic acid groups (broad SMARTS) is 1. The highest BCUT2D eigenvalue weighted by Crippen LogP contribution is 2.50. The van der Waals surface area contributed by atoms with Crippen LogP contribution in [0.3, 0.4) is 0 Å². The molecule has 5 rings (SSSR count). The Balaban J connectivity index is 1.53. The SMILES string of the molecule is C=CC1CC1(NC(=O)[C@@H]1C[C@@](SCCCC)(c2ccc(-c3ccccc3)cc2)CN1C(=O)[C@@H](NC(=O)O)C(C)(C)C)C(=O)NS(=O)(=O)C1CC1. The number of nitrogens with one attached hydrogen (secondary N) is 3. The van der Waals surface area contributed by atoms with Crippen molar-refractivity contribution >= 4 is 45.6 Å². The van der Waals surface area contributed by atoms with Crippen molar-refractivity contribution in [2.24, 2.45) is 11.3 Å². The summed E-state index contributed by atoms with van der Waals surface area (Å²) in [4.78, 5) is 55.8. The largest absolute Gasteiger partial charge is 0.465 e. The number of thioether (sulfide) groups is 1. The standard InChI is InChI=1S/C37H48N4O7S2/c1-6-8-20-49-36(27-16-14-25(15-17-27)24-12-10-9-11-13-24)22-29(41(23-36)32(43)30(35(3,4)5)38-34(45)46)31(42)39-37(21-26(37)7-2)33(44)40-50(47,48)28-18-19-28/h7,9-17,26,28-30,38H,2,6,8,18-23H2,1,3-5H3,(H,39,42)(H,40,44)(H,45,46)/t26?,29-,30+,36-,37?/m0/s1. The molecule has 270 valence electrons. The number of amides is 4. The molecule has 2 aliphatic carbocycles. The minimum absolute atomic E-state index is 0.122. The molecule has 4 N–H and O–H groups in total. The topological polar surface area (TPSA) is 162 Å². The molecule has 2 saturated carbocycles. The molecule has 13 heteroatoms. The van der Waals surface area contributed by atoms with Gasteiger partial charge in [-0.25, -0.2) is 13.2 Å². The molecule has 1 heterocycles. The Hall–Kier alpha value is -3.84. The lowest BCUT2D eigenvalue weighted by molar-refractivity contribution is -0.142. The van der Waals surface area contributed by atoms with E-state index < -0.39 is 72.8 Å². The van der Waals surface area contributed by atoms with Gasteiger partial charge in [-0.05, 0) is 60.0 Å². The maximum atomic E-state index is 14.5. The Morgan fingerprint density at radius 3 is 2.22 bits per heavy atom. The van der Waals surface area contributed by atoms with Gasteiger partial charge in [0.1, 0.15) is 17.6 Å². The van der Waals surface area contributed by atoms with Crippen molar-refractivity contribution in [1.82, 2.24) is 20.3 Å². The normalized spacial score (nSPS) is 25.3. The Morgan fingerprint density at radius 2 is 1.68 bits per heavy atom. The van der Waals surface area contributed by atoms with Gasteiger partial charge >= 0.3 is 6.09 Å². The highest BCUT2D eigenvalue weighted by atomic mass is 32.2. The maximum Gasteiger partial charge on any atom is 0.405 e. The molecular formula is C37H48N4O7S2. The summed E-state index contributed by atoms with van der Waals surface area (Å²) in [7, 11) is -3.89. The highest BCUT2D eigenvalue weighted by molar-refractivity contribution is 8.00. The first-order chi connectivity index (χ1) is 23.6. The summed E-state index contributed by atoms with van der Waals surface area (Å²) in [5.41, 5.74) is 0.615. The van der Waals surface area contributed by atoms with Crippen LogP contribution in [-0.4, -0.2) is 77.4 Å². The second-order valence-electron chi connectivity index (χ2n) is 14.8. The Kier molecular flexibility index (Phi) is 10.8. The van der Waals surface area contributed by atoms with Crippen molar-refractivity contribution in [2.75, 3.05) is 12.3 Å². The van der Waals surface area contributed by atoms with Gasteiger partial charge in [0.15, 0.2) is 0 Å². The van der Waals surface area contributed by atoms with Gasteiger partial charge < -0.3 is 20.6 Å². The Morgan fingerprint density at radius 1 is 1.04 bits per heavy atom. The number of rotatable bonds is 14. The summed E-state index contributed by atoms with van der Waals surface area (Å²) in [6.07, 6.45) is 3.31. The second kappa shape index (κ2) is 14.4. The smallest absolute Gasteiger partial charge is 0.405 e. The quantitative estimate of drug-likeness (QED) is 0.156. The lowest BCUT2D eigenvalue weighted by atomic mass is 9.85. The fourth-order valence-corrected chi connectivity index (χ4v) is 9.70. The van der Waals surface area contributed by atoms with E-state index in [-0.39, 0.29) is 19.4 Å². The van der Waals surface area contributed by atoms with E-state index in [9.17, 15) is 32.7 Å². The zero-order valence-corrected chi connectivity index (χ0v) is 30.7. The number of likely N-dealkylation sites (tertiary alicyclic amines) is 1. The molecule has 50 heavy (non-hydrogen) atoms. The molecular weight excluding hydrogens is 677 g/mol. The maximum absolute atomic E-state index is 14.5. The number of sulfonamides is 1. The van der Waals surface area contributed by atoms with Gasteiger partial charge in [0.25, 0.3) is 5.91 Å². The third-order valence-electron chi connectivity index (χ3n) is 9.93.